The monoisotopic (exact) mass is 385 g/mol. The molecule has 1 spiro atoms. The van der Waals surface area contributed by atoms with Crippen LogP contribution in [0.1, 0.15) is 47.5 Å². The van der Waals surface area contributed by atoms with Crippen molar-refractivity contribution in [1.29, 1.82) is 0 Å². The van der Waals surface area contributed by atoms with Gasteiger partial charge in [0.2, 0.25) is 0 Å². The lowest BCUT2D eigenvalue weighted by Gasteiger charge is -2.47. The molecule has 1 saturated carbocycles. The molecule has 1 saturated heterocycles. The van der Waals surface area contributed by atoms with Gasteiger partial charge in [0.15, 0.2) is 0 Å². The summed E-state index contributed by atoms with van der Waals surface area (Å²) in [6.07, 6.45) is 3.88. The second-order valence-electron chi connectivity index (χ2n) is 8.28. The van der Waals surface area contributed by atoms with Crippen molar-refractivity contribution >= 4 is 6.09 Å². The van der Waals surface area contributed by atoms with E-state index in [1.165, 1.54) is 4.90 Å². The fourth-order valence-corrected chi connectivity index (χ4v) is 4.02. The molecule has 0 aromatic carbocycles. The van der Waals surface area contributed by atoms with Crippen molar-refractivity contribution in [2.24, 2.45) is 11.8 Å². The number of methoxy groups -OCH3 is 1. The number of ether oxygens (including phenoxy) is 4. The lowest BCUT2D eigenvalue weighted by atomic mass is 9.68. The summed E-state index contributed by atoms with van der Waals surface area (Å²) in [4.78, 5) is 13.6. The van der Waals surface area contributed by atoms with Crippen molar-refractivity contribution in [1.82, 2.24) is 4.90 Å². The predicted octanol–water partition coefficient (Wildman–Crippen LogP) is 2.92. The van der Waals surface area contributed by atoms with Gasteiger partial charge in [0.25, 0.3) is 0 Å². The molecule has 0 aromatic heterocycles. The molecule has 1 amide bonds. The third kappa shape index (κ3) is 4.95. The number of hydrogen-bond acceptors (Lipinski definition) is 6. The van der Waals surface area contributed by atoms with E-state index < -0.39 is 17.8 Å². The van der Waals surface area contributed by atoms with Crippen molar-refractivity contribution < 1.29 is 28.8 Å². The summed E-state index contributed by atoms with van der Waals surface area (Å²) in [5, 5.41) is 9.31. The largest absolute Gasteiger partial charge is 0.495 e. The Hall–Kier alpha value is -1.31. The summed E-state index contributed by atoms with van der Waals surface area (Å²) in [5.41, 5.74) is -0.852. The predicted molar refractivity (Wildman–Crippen MR) is 101 cm³/mol. The van der Waals surface area contributed by atoms with E-state index in [1.807, 2.05) is 19.9 Å². The van der Waals surface area contributed by atoms with Crippen LogP contribution in [0, 0.1) is 11.8 Å². The van der Waals surface area contributed by atoms with Crippen LogP contribution in [0.5, 0.6) is 0 Å². The second kappa shape index (κ2) is 8.80. The van der Waals surface area contributed by atoms with Gasteiger partial charge in [-0.3, -0.25) is 4.90 Å². The molecule has 156 valence electrons. The van der Waals surface area contributed by atoms with Gasteiger partial charge in [0.05, 0.1) is 18.8 Å². The minimum absolute atomic E-state index is 0.0948. The number of nitrogens with zero attached hydrogens (tertiary/aromatic N) is 1. The summed E-state index contributed by atoms with van der Waals surface area (Å²) in [7, 11) is 1.63. The number of aliphatic hydroxyl groups excluding tert-OH is 1. The SMILES string of the molecule is CCN(CO)C(=O)O[C@@H]1CC[C@]2(CO2)C(C(C)(C)O/C=C/C(C)C)[C@@H]1OC. The van der Waals surface area contributed by atoms with E-state index in [1.54, 1.807) is 20.3 Å². The smallest absolute Gasteiger partial charge is 0.411 e. The Balaban J connectivity index is 2.19. The van der Waals surface area contributed by atoms with Crippen LogP contribution in [-0.2, 0) is 18.9 Å². The molecular formula is C20H35NO6. The van der Waals surface area contributed by atoms with Crippen LogP contribution in [0.15, 0.2) is 12.3 Å². The normalized spacial score (nSPS) is 30.7. The minimum Gasteiger partial charge on any atom is -0.495 e. The zero-order chi connectivity index (χ0) is 20.2. The van der Waals surface area contributed by atoms with Gasteiger partial charge in [-0.2, -0.15) is 0 Å². The Bertz CT molecular complexity index is 525. The molecule has 2 rings (SSSR count). The Morgan fingerprint density at radius 1 is 1.44 bits per heavy atom. The molecule has 7 nitrogen and oxygen atoms in total. The maximum absolute atomic E-state index is 12.3. The van der Waals surface area contributed by atoms with Gasteiger partial charge in [-0.15, -0.1) is 0 Å². The number of epoxide rings is 1. The van der Waals surface area contributed by atoms with Crippen LogP contribution in [-0.4, -0.2) is 66.5 Å². The Labute approximate surface area is 162 Å². The number of rotatable bonds is 8. The number of carbonyl (C=O) groups excluding carboxylic acids is 1. The number of hydrogen-bond donors (Lipinski definition) is 1. The molecule has 1 aliphatic heterocycles. The van der Waals surface area contributed by atoms with Crippen LogP contribution < -0.4 is 0 Å². The van der Waals surface area contributed by atoms with Crippen LogP contribution in [0.25, 0.3) is 0 Å². The molecule has 1 heterocycles. The maximum Gasteiger partial charge on any atom is 0.411 e. The average Bonchev–Trinajstić information content (AvgIpc) is 3.36. The summed E-state index contributed by atoms with van der Waals surface area (Å²) in [6, 6.07) is 0. The highest BCUT2D eigenvalue weighted by Crippen LogP contribution is 2.52. The van der Waals surface area contributed by atoms with Crippen molar-refractivity contribution in [3.63, 3.8) is 0 Å². The summed E-state index contributed by atoms with van der Waals surface area (Å²) >= 11 is 0. The number of carbonyl (C=O) groups is 1. The lowest BCUT2D eigenvalue weighted by molar-refractivity contribution is -0.162. The average molecular weight is 386 g/mol. The van der Waals surface area contributed by atoms with E-state index in [2.05, 4.69) is 13.8 Å². The van der Waals surface area contributed by atoms with Gasteiger partial charge < -0.3 is 24.1 Å². The molecule has 7 heteroatoms. The minimum atomic E-state index is -0.560. The summed E-state index contributed by atoms with van der Waals surface area (Å²) in [6.45, 7) is 10.7. The van der Waals surface area contributed by atoms with E-state index in [9.17, 15) is 9.90 Å². The van der Waals surface area contributed by atoms with E-state index in [-0.39, 0.29) is 24.4 Å². The van der Waals surface area contributed by atoms with Gasteiger partial charge in [-0.05, 0) is 45.6 Å². The highest BCUT2D eigenvalue weighted by atomic mass is 16.6. The molecule has 2 fully saturated rings. The first kappa shape index (κ1) is 22.0. The van der Waals surface area contributed by atoms with Crippen molar-refractivity contribution in [3.05, 3.63) is 12.3 Å². The zero-order valence-electron chi connectivity index (χ0n) is 17.4. The Morgan fingerprint density at radius 3 is 2.59 bits per heavy atom. The van der Waals surface area contributed by atoms with Crippen molar-refractivity contribution in [2.45, 2.75) is 70.9 Å². The number of amides is 1. The van der Waals surface area contributed by atoms with Crippen LogP contribution in [0.2, 0.25) is 0 Å². The van der Waals surface area contributed by atoms with Crippen molar-refractivity contribution in [2.75, 3.05) is 27.0 Å². The van der Waals surface area contributed by atoms with Crippen LogP contribution >= 0.6 is 0 Å². The molecule has 1 unspecified atom stereocenters. The third-order valence-corrected chi connectivity index (χ3v) is 5.55. The molecule has 0 radical (unpaired) electrons. The first-order valence-corrected chi connectivity index (χ1v) is 9.78. The fourth-order valence-electron chi connectivity index (χ4n) is 4.02. The maximum atomic E-state index is 12.3. The van der Waals surface area contributed by atoms with Gasteiger partial charge in [-0.1, -0.05) is 13.8 Å². The first-order valence-electron chi connectivity index (χ1n) is 9.78. The number of aliphatic hydroxyl groups is 1. The first-order chi connectivity index (χ1) is 12.7. The molecule has 4 atom stereocenters. The highest BCUT2D eigenvalue weighted by Gasteiger charge is 2.64. The fraction of sp³-hybridized carbons (Fsp3) is 0.850. The second-order valence-corrected chi connectivity index (χ2v) is 8.28. The van der Waals surface area contributed by atoms with E-state index >= 15 is 0 Å². The molecule has 0 aromatic rings. The van der Waals surface area contributed by atoms with Gasteiger partial charge in [-0.25, -0.2) is 4.79 Å². The van der Waals surface area contributed by atoms with Gasteiger partial charge in [0.1, 0.15) is 30.1 Å². The summed E-state index contributed by atoms with van der Waals surface area (Å²) in [5.74, 6) is 0.297. The third-order valence-electron chi connectivity index (χ3n) is 5.55. The lowest BCUT2D eigenvalue weighted by Crippen LogP contribution is -2.58. The highest BCUT2D eigenvalue weighted by molar-refractivity contribution is 5.67. The molecule has 27 heavy (non-hydrogen) atoms. The Kier molecular flexibility index (Phi) is 7.16. The van der Waals surface area contributed by atoms with Gasteiger partial charge in [0, 0.05) is 13.7 Å². The molecule has 1 N–H and O–H groups in total. The van der Waals surface area contributed by atoms with E-state index in [0.29, 0.717) is 25.5 Å². The van der Waals surface area contributed by atoms with Crippen LogP contribution in [0.4, 0.5) is 4.79 Å². The molecule has 1 aliphatic carbocycles. The molecule has 0 bridgehead atoms. The van der Waals surface area contributed by atoms with E-state index in [0.717, 1.165) is 6.42 Å². The van der Waals surface area contributed by atoms with E-state index in [4.69, 9.17) is 18.9 Å². The van der Waals surface area contributed by atoms with Crippen molar-refractivity contribution in [3.8, 4) is 0 Å². The molecule has 2 aliphatic rings. The van der Waals surface area contributed by atoms with Gasteiger partial charge >= 0.3 is 6.09 Å². The summed E-state index contributed by atoms with van der Waals surface area (Å²) < 4.78 is 23.5. The van der Waals surface area contributed by atoms with Crippen LogP contribution in [0.3, 0.4) is 0 Å². The standard InChI is InChI=1S/C20H35NO6/c1-7-21(13-22)18(23)27-15-8-10-20(12-26-20)17(16(15)24-6)19(4,5)25-11-9-14(2)3/h9,11,14-17,22H,7-8,10,12-13H2,1-6H3/b11-9+/t15-,16-,17?,20+/m1/s1. The number of allylic oxidation sites excluding steroid dienone is 1. The quantitative estimate of drug-likeness (QED) is 0.393. The topological polar surface area (TPSA) is 80.8 Å². The zero-order valence-corrected chi connectivity index (χ0v) is 17.4. The Morgan fingerprint density at radius 2 is 2.11 bits per heavy atom. The molecular weight excluding hydrogens is 350 g/mol.